The number of benzene rings is 1. The van der Waals surface area contributed by atoms with Crippen LogP contribution in [0.3, 0.4) is 0 Å². The van der Waals surface area contributed by atoms with Crippen LogP contribution in [0, 0.1) is 0 Å². The van der Waals surface area contributed by atoms with Gasteiger partial charge in [-0.2, -0.15) is 0 Å². The predicted octanol–water partition coefficient (Wildman–Crippen LogP) is 2.73. The van der Waals surface area contributed by atoms with Crippen molar-refractivity contribution in [3.8, 4) is 11.5 Å². The van der Waals surface area contributed by atoms with Gasteiger partial charge in [-0.15, -0.1) is 0 Å². The van der Waals surface area contributed by atoms with Gasteiger partial charge in [0.1, 0.15) is 150 Å². The van der Waals surface area contributed by atoms with Crippen molar-refractivity contribution in [2.45, 2.75) is 0 Å². The molecule has 0 aliphatic rings. The van der Waals surface area contributed by atoms with E-state index in [4.69, 9.17) is 112 Å². The zero-order valence-corrected chi connectivity index (χ0v) is 34.0. The van der Waals surface area contributed by atoms with Crippen LogP contribution in [0.4, 0.5) is 0 Å². The lowest BCUT2D eigenvalue weighted by Gasteiger charge is -2.11. The third-order valence-electron chi connectivity index (χ3n) is 5.08. The Morgan fingerprint density at radius 2 is 0.491 bits per heavy atom. The average Bonchev–Trinajstić information content (AvgIpc) is 3.19. The molecule has 0 fully saturated rings. The fraction of sp³-hybridized carbons (Fsp3) is 0.800. The first-order valence-electron chi connectivity index (χ1n) is 16.8. The summed E-state index contributed by atoms with van der Waals surface area (Å²) in [5, 5.41) is 0. The number of methoxy groups -OCH3 is 2. The van der Waals surface area contributed by atoms with Crippen molar-refractivity contribution >= 4 is 31.9 Å². The Morgan fingerprint density at radius 3 is 0.727 bits per heavy atom. The summed E-state index contributed by atoms with van der Waals surface area (Å²) in [6.07, 6.45) is 0. The van der Waals surface area contributed by atoms with Gasteiger partial charge in [-0.1, -0.05) is 0 Å². The molecule has 0 atom stereocenters. The van der Waals surface area contributed by atoms with E-state index in [0.29, 0.717) is 24.7 Å². The van der Waals surface area contributed by atoms with Gasteiger partial charge in [0.25, 0.3) is 0 Å². The monoisotopic (exact) mass is 938 g/mol. The molecule has 0 saturated heterocycles. The minimum Gasteiger partial charge on any atom is -0.496 e. The third kappa shape index (κ3) is 35.8. The maximum Gasteiger partial charge on any atom is 0.135 e. The molecule has 1 rings (SSSR count). The third-order valence-corrected chi connectivity index (χ3v) is 6.32. The van der Waals surface area contributed by atoms with Gasteiger partial charge in [0.2, 0.25) is 0 Å². The summed E-state index contributed by atoms with van der Waals surface area (Å²) in [5.41, 5.74) is 0. The van der Waals surface area contributed by atoms with Gasteiger partial charge in [-0.05, 0) is 44.0 Å². The predicted molar refractivity (Wildman–Crippen MR) is 185 cm³/mol. The van der Waals surface area contributed by atoms with Crippen LogP contribution in [0.25, 0.3) is 0 Å². The second-order valence-corrected chi connectivity index (χ2v) is 10.9. The maximum atomic E-state index is 5.63. The lowest BCUT2D eigenvalue weighted by molar-refractivity contribution is -0.379. The van der Waals surface area contributed by atoms with Crippen molar-refractivity contribution in [1.82, 2.24) is 0 Å². The van der Waals surface area contributed by atoms with Gasteiger partial charge in [0.05, 0.1) is 22.7 Å². The Balaban J connectivity index is 1.65. The second kappa shape index (κ2) is 42.5. The van der Waals surface area contributed by atoms with Crippen molar-refractivity contribution in [3.05, 3.63) is 21.1 Å². The Labute approximate surface area is 335 Å². The summed E-state index contributed by atoms with van der Waals surface area (Å²) < 4.78 is 17.2. The van der Waals surface area contributed by atoms with Crippen LogP contribution in [0.15, 0.2) is 21.1 Å². The lowest BCUT2D eigenvalue weighted by atomic mass is 10.3. The molecule has 0 radical (unpaired) electrons. The Kier molecular flexibility index (Phi) is 40.2. The van der Waals surface area contributed by atoms with E-state index in [1.54, 1.807) is 26.4 Å². The molecule has 0 amide bonds. The number of rotatable bonds is 45. The highest BCUT2D eigenvalue weighted by Crippen LogP contribution is 2.35. The first-order chi connectivity index (χ1) is 27.2. The lowest BCUT2D eigenvalue weighted by Crippen LogP contribution is -2.13. The normalized spacial score (nSPS) is 11.5. The minimum atomic E-state index is 0.118. The molecule has 0 aliphatic carbocycles. The minimum absolute atomic E-state index is 0.118. The topological polar surface area (TPSA) is 212 Å². The van der Waals surface area contributed by atoms with Crippen LogP contribution >= 0.6 is 31.9 Å². The average molecular weight is 941 g/mol. The molecule has 0 saturated carbocycles. The van der Waals surface area contributed by atoms with E-state index in [1.807, 2.05) is 0 Å². The van der Waals surface area contributed by atoms with Crippen LogP contribution in [0.1, 0.15) is 0 Å². The molecule has 0 bridgehead atoms. The van der Waals surface area contributed by atoms with E-state index >= 15 is 0 Å². The molecule has 1 aromatic carbocycles. The number of ether oxygens (including phenoxy) is 3. The zero-order chi connectivity index (χ0) is 39.5. The van der Waals surface area contributed by atoms with Gasteiger partial charge in [0.15, 0.2) is 0 Å². The van der Waals surface area contributed by atoms with Crippen molar-refractivity contribution in [1.29, 1.82) is 0 Å². The smallest absolute Gasteiger partial charge is 0.135 e. The maximum absolute atomic E-state index is 5.63. The van der Waals surface area contributed by atoms with Crippen LogP contribution in [-0.2, 0) is 102 Å². The molecule has 0 unspecified atom stereocenters. The highest BCUT2D eigenvalue weighted by Gasteiger charge is 2.08. The Hall–Kier alpha value is -1.06. The molecular formula is C30H52Br2O23. The fourth-order valence-electron chi connectivity index (χ4n) is 2.87. The highest BCUT2D eigenvalue weighted by atomic mass is 79.9. The van der Waals surface area contributed by atoms with Gasteiger partial charge < -0.3 is 14.2 Å². The molecule has 25 heteroatoms. The van der Waals surface area contributed by atoms with Crippen LogP contribution in [-0.4, -0.2) is 160 Å². The molecule has 55 heavy (non-hydrogen) atoms. The van der Waals surface area contributed by atoms with E-state index in [9.17, 15) is 0 Å². The molecule has 1 aromatic rings. The van der Waals surface area contributed by atoms with Gasteiger partial charge in [-0.25, -0.2) is 97.8 Å². The fourth-order valence-corrected chi connectivity index (χ4v) is 3.79. The summed E-state index contributed by atoms with van der Waals surface area (Å²) in [4.78, 5) is 97.9. The van der Waals surface area contributed by atoms with E-state index in [-0.39, 0.29) is 132 Å². The van der Waals surface area contributed by atoms with Crippen LogP contribution in [0.2, 0.25) is 0 Å². The standard InChI is InChI=1S/C30H52Br2O23/c1-33-3-5-36-38-7-9-40-42-11-13-44-46-15-17-48-50-19-21-52-54-23-24-55-53-22-20-51-49-18-16-47-45-14-12-43-41-10-8-39-37-6-4-35-30-26-27(31)29(34-2)25-28(30)32/h25-26H,3-24H2,1-2H3. The van der Waals surface area contributed by atoms with E-state index in [0.717, 1.165) is 8.95 Å². The van der Waals surface area contributed by atoms with Crippen LogP contribution in [0.5, 0.6) is 11.5 Å². The van der Waals surface area contributed by atoms with Gasteiger partial charge in [-0.3, -0.25) is 0 Å². The number of hydrogen-bond acceptors (Lipinski definition) is 23. The summed E-state index contributed by atoms with van der Waals surface area (Å²) in [7, 11) is 3.15. The van der Waals surface area contributed by atoms with Crippen LogP contribution < -0.4 is 9.47 Å². The molecule has 23 nitrogen and oxygen atoms in total. The molecular weight excluding hydrogens is 888 g/mol. The summed E-state index contributed by atoms with van der Waals surface area (Å²) >= 11 is 6.83. The Bertz CT molecular complexity index is 945. The largest absolute Gasteiger partial charge is 0.496 e. The Morgan fingerprint density at radius 1 is 0.291 bits per heavy atom. The molecule has 0 spiro atoms. The molecule has 0 aliphatic heterocycles. The van der Waals surface area contributed by atoms with Crippen molar-refractivity contribution in [2.24, 2.45) is 0 Å². The first-order valence-corrected chi connectivity index (χ1v) is 18.4. The molecule has 324 valence electrons. The highest BCUT2D eigenvalue weighted by molar-refractivity contribution is 9.11. The molecule has 0 N–H and O–H groups in total. The second-order valence-electron chi connectivity index (χ2n) is 9.20. The van der Waals surface area contributed by atoms with Crippen molar-refractivity contribution in [3.63, 3.8) is 0 Å². The zero-order valence-electron chi connectivity index (χ0n) is 30.9. The summed E-state index contributed by atoms with van der Waals surface area (Å²) in [5.74, 6) is 1.32. The van der Waals surface area contributed by atoms with Gasteiger partial charge in [0, 0.05) is 7.11 Å². The first kappa shape index (κ1) is 52.0. The molecule has 0 aromatic heterocycles. The SMILES string of the molecule is COCCOOCCOOCCOOCCOOCCOOCCOOCCOOCCOOCCOOCCOOCCOc1cc(Br)c(OC)cc1Br. The van der Waals surface area contributed by atoms with E-state index < -0.39 is 0 Å². The van der Waals surface area contributed by atoms with Gasteiger partial charge >= 0.3 is 0 Å². The number of halogens is 2. The van der Waals surface area contributed by atoms with Crippen molar-refractivity contribution in [2.75, 3.05) is 160 Å². The van der Waals surface area contributed by atoms with E-state index in [2.05, 4.69) is 31.9 Å². The quantitative estimate of drug-likeness (QED) is 0.0523. The molecule has 0 heterocycles. The van der Waals surface area contributed by atoms with E-state index in [1.165, 1.54) is 0 Å². The summed E-state index contributed by atoms with van der Waals surface area (Å²) in [6.45, 7) is 3.75. The summed E-state index contributed by atoms with van der Waals surface area (Å²) in [6, 6.07) is 3.59. The van der Waals surface area contributed by atoms with Crippen molar-refractivity contribution < 1.29 is 112 Å². The number of hydrogen-bond donors (Lipinski definition) is 0.